The summed E-state index contributed by atoms with van der Waals surface area (Å²) >= 11 is 0. The van der Waals surface area contributed by atoms with Crippen LogP contribution >= 0.6 is 0 Å². The Balaban J connectivity index is 2.15. The van der Waals surface area contributed by atoms with Crippen LogP contribution in [0.2, 0.25) is 0 Å². The first-order chi connectivity index (χ1) is 11.6. The van der Waals surface area contributed by atoms with Gasteiger partial charge in [-0.3, -0.25) is 0 Å². The molecule has 3 rings (SSSR count). The maximum absolute atomic E-state index is 11.9. The molecule has 0 aliphatic rings. The number of methoxy groups -OCH3 is 1. The van der Waals surface area contributed by atoms with Gasteiger partial charge in [0, 0.05) is 5.56 Å². The third kappa shape index (κ3) is 2.92. The number of ether oxygens (including phenoxy) is 1. The summed E-state index contributed by atoms with van der Waals surface area (Å²) in [5.41, 5.74) is 5.81. The highest BCUT2D eigenvalue weighted by atomic mass is 16.5. The molecule has 0 aliphatic carbocycles. The van der Waals surface area contributed by atoms with E-state index in [0.29, 0.717) is 11.3 Å². The number of hydrogen-bond acceptors (Lipinski definition) is 3. The first-order valence-electron chi connectivity index (χ1n) is 7.51. The third-order valence-electron chi connectivity index (χ3n) is 3.89. The van der Waals surface area contributed by atoms with Crippen LogP contribution in [0.25, 0.3) is 22.4 Å². The molecule has 2 aromatic carbocycles. The molecule has 3 aromatic rings. The molecule has 0 unspecified atom stereocenters. The van der Waals surface area contributed by atoms with E-state index in [0.717, 1.165) is 22.4 Å². The second kappa shape index (κ2) is 6.43. The van der Waals surface area contributed by atoms with Crippen molar-refractivity contribution in [2.24, 2.45) is 0 Å². The van der Waals surface area contributed by atoms with Crippen molar-refractivity contribution in [2.45, 2.75) is 6.92 Å². The Morgan fingerprint density at radius 1 is 1.04 bits per heavy atom. The van der Waals surface area contributed by atoms with Crippen molar-refractivity contribution < 1.29 is 9.53 Å². The molecule has 0 fully saturated rings. The largest absolute Gasteiger partial charge is 0.464 e. The number of carbonyl (C=O) groups excluding carboxylic acids is 1. The molecular weight excluding hydrogens is 300 g/mol. The van der Waals surface area contributed by atoms with Crippen LogP contribution in [-0.2, 0) is 4.74 Å². The van der Waals surface area contributed by atoms with Crippen molar-refractivity contribution in [1.82, 2.24) is 4.98 Å². The van der Waals surface area contributed by atoms with E-state index in [1.807, 2.05) is 43.3 Å². The predicted octanol–water partition coefficient (Wildman–Crippen LogP) is 4.32. The van der Waals surface area contributed by atoms with E-state index < -0.39 is 5.97 Å². The summed E-state index contributed by atoms with van der Waals surface area (Å²) in [5, 5.41) is 8.95. The highest BCUT2D eigenvalue weighted by molar-refractivity contribution is 5.93. The van der Waals surface area contributed by atoms with Crippen LogP contribution in [0.4, 0.5) is 0 Å². The number of hydrogen-bond donors (Lipinski definition) is 1. The number of rotatable bonds is 3. The van der Waals surface area contributed by atoms with Crippen LogP contribution in [0.5, 0.6) is 0 Å². The fraction of sp³-hybridized carbons (Fsp3) is 0.100. The van der Waals surface area contributed by atoms with Gasteiger partial charge < -0.3 is 9.72 Å². The van der Waals surface area contributed by atoms with Gasteiger partial charge in [-0.1, -0.05) is 42.0 Å². The van der Waals surface area contributed by atoms with Gasteiger partial charge in [0.05, 0.1) is 24.4 Å². The van der Waals surface area contributed by atoms with Gasteiger partial charge in [-0.05, 0) is 36.2 Å². The molecule has 0 radical (unpaired) electrons. The van der Waals surface area contributed by atoms with Gasteiger partial charge in [0.15, 0.2) is 0 Å². The number of benzene rings is 2. The van der Waals surface area contributed by atoms with Crippen molar-refractivity contribution in [3.05, 3.63) is 71.4 Å². The van der Waals surface area contributed by atoms with Crippen LogP contribution in [0.3, 0.4) is 0 Å². The second-order valence-electron chi connectivity index (χ2n) is 5.52. The summed E-state index contributed by atoms with van der Waals surface area (Å²) in [7, 11) is 1.36. The quantitative estimate of drug-likeness (QED) is 0.732. The zero-order valence-corrected chi connectivity index (χ0v) is 13.5. The molecule has 0 bridgehead atoms. The van der Waals surface area contributed by atoms with Crippen LogP contribution in [0.1, 0.15) is 21.6 Å². The SMILES string of the molecule is COC(=O)c1cc(-c2ccc(C#N)cc2)c(-c2ccc(C)cc2)[nH]1. The molecule has 118 valence electrons. The minimum absolute atomic E-state index is 0.396. The van der Waals surface area contributed by atoms with E-state index in [1.54, 1.807) is 18.2 Å². The maximum atomic E-state index is 11.9. The van der Waals surface area contributed by atoms with E-state index in [9.17, 15) is 4.79 Å². The lowest BCUT2D eigenvalue weighted by Gasteiger charge is -2.05. The molecule has 4 heteroatoms. The van der Waals surface area contributed by atoms with E-state index in [-0.39, 0.29) is 0 Å². The average molecular weight is 316 g/mol. The summed E-state index contributed by atoms with van der Waals surface area (Å²) in [6, 6.07) is 19.2. The number of H-pyrrole nitrogens is 1. The Bertz CT molecular complexity index is 914. The normalized spacial score (nSPS) is 10.2. The molecule has 24 heavy (non-hydrogen) atoms. The second-order valence-corrected chi connectivity index (χ2v) is 5.52. The fourth-order valence-corrected chi connectivity index (χ4v) is 2.57. The number of nitrogens with one attached hydrogen (secondary N) is 1. The van der Waals surface area contributed by atoms with Gasteiger partial charge in [0.2, 0.25) is 0 Å². The summed E-state index contributed by atoms with van der Waals surface area (Å²) < 4.78 is 4.82. The van der Waals surface area contributed by atoms with Gasteiger partial charge in [-0.15, -0.1) is 0 Å². The number of esters is 1. The molecule has 0 amide bonds. The van der Waals surface area contributed by atoms with Crippen molar-refractivity contribution in [2.75, 3.05) is 7.11 Å². The standard InChI is InChI=1S/C20H16N2O2/c1-13-3-7-16(8-4-13)19-17(11-18(22-19)20(23)24-2)15-9-5-14(12-21)6-10-15/h3-11,22H,1-2H3. The lowest BCUT2D eigenvalue weighted by atomic mass is 10.00. The summed E-state index contributed by atoms with van der Waals surface area (Å²) in [4.78, 5) is 15.1. The molecule has 1 N–H and O–H groups in total. The first kappa shape index (κ1) is 15.6. The molecule has 0 saturated heterocycles. The van der Waals surface area contributed by atoms with Gasteiger partial charge in [-0.2, -0.15) is 5.26 Å². The van der Waals surface area contributed by atoms with E-state index in [1.165, 1.54) is 12.7 Å². The van der Waals surface area contributed by atoms with Crippen molar-refractivity contribution in [3.8, 4) is 28.5 Å². The fourth-order valence-electron chi connectivity index (χ4n) is 2.57. The van der Waals surface area contributed by atoms with Gasteiger partial charge in [-0.25, -0.2) is 4.79 Å². The van der Waals surface area contributed by atoms with Crippen LogP contribution in [0.15, 0.2) is 54.6 Å². The number of carbonyl (C=O) groups is 1. The minimum atomic E-state index is -0.414. The maximum Gasteiger partial charge on any atom is 0.354 e. The highest BCUT2D eigenvalue weighted by Crippen LogP contribution is 2.33. The topological polar surface area (TPSA) is 65.9 Å². The monoisotopic (exact) mass is 316 g/mol. The van der Waals surface area contributed by atoms with Gasteiger partial charge >= 0.3 is 5.97 Å². The number of aryl methyl sites for hydroxylation is 1. The Labute approximate surface area is 140 Å². The number of aromatic amines is 1. The van der Waals surface area contributed by atoms with E-state index in [2.05, 4.69) is 11.1 Å². The number of nitriles is 1. The summed E-state index contributed by atoms with van der Waals surface area (Å²) in [6.45, 7) is 2.03. The van der Waals surface area contributed by atoms with Crippen molar-refractivity contribution >= 4 is 5.97 Å². The lowest BCUT2D eigenvalue weighted by molar-refractivity contribution is 0.0595. The van der Waals surface area contributed by atoms with Crippen molar-refractivity contribution in [3.63, 3.8) is 0 Å². The Morgan fingerprint density at radius 2 is 1.67 bits per heavy atom. The first-order valence-corrected chi connectivity index (χ1v) is 7.51. The van der Waals surface area contributed by atoms with E-state index in [4.69, 9.17) is 10.00 Å². The van der Waals surface area contributed by atoms with Crippen molar-refractivity contribution in [1.29, 1.82) is 5.26 Å². The smallest absolute Gasteiger partial charge is 0.354 e. The zero-order chi connectivity index (χ0) is 17.1. The molecule has 1 heterocycles. The molecule has 0 aliphatic heterocycles. The molecule has 1 aromatic heterocycles. The highest BCUT2D eigenvalue weighted by Gasteiger charge is 2.16. The zero-order valence-electron chi connectivity index (χ0n) is 13.5. The van der Waals surface area contributed by atoms with Crippen LogP contribution in [-0.4, -0.2) is 18.1 Å². The lowest BCUT2D eigenvalue weighted by Crippen LogP contribution is -2.00. The van der Waals surface area contributed by atoms with Crippen LogP contribution < -0.4 is 0 Å². The van der Waals surface area contributed by atoms with Gasteiger partial charge in [0.25, 0.3) is 0 Å². The number of nitrogens with zero attached hydrogens (tertiary/aromatic N) is 1. The average Bonchev–Trinajstić information content (AvgIpc) is 3.07. The Kier molecular flexibility index (Phi) is 4.17. The summed E-state index contributed by atoms with van der Waals surface area (Å²) in [5.74, 6) is -0.414. The molecular formula is C20H16N2O2. The Hall–Kier alpha value is -3.32. The van der Waals surface area contributed by atoms with Crippen LogP contribution in [0, 0.1) is 18.3 Å². The molecule has 4 nitrogen and oxygen atoms in total. The predicted molar refractivity (Wildman–Crippen MR) is 92.5 cm³/mol. The minimum Gasteiger partial charge on any atom is -0.464 e. The summed E-state index contributed by atoms with van der Waals surface area (Å²) in [6.07, 6.45) is 0. The number of aromatic nitrogens is 1. The third-order valence-corrected chi connectivity index (χ3v) is 3.89. The van der Waals surface area contributed by atoms with E-state index >= 15 is 0 Å². The molecule has 0 saturated carbocycles. The molecule has 0 atom stereocenters. The molecule has 0 spiro atoms. The Morgan fingerprint density at radius 3 is 2.25 bits per heavy atom. The van der Waals surface area contributed by atoms with Gasteiger partial charge in [0.1, 0.15) is 5.69 Å².